The minimum absolute atomic E-state index is 0.0311. The van der Waals surface area contributed by atoms with Gasteiger partial charge in [0.25, 0.3) is 0 Å². The van der Waals surface area contributed by atoms with Crippen LogP contribution in [0.3, 0.4) is 0 Å². The van der Waals surface area contributed by atoms with Crippen LogP contribution in [0.25, 0.3) is 11.0 Å². The van der Waals surface area contributed by atoms with E-state index in [-0.39, 0.29) is 11.8 Å². The average Bonchev–Trinajstić information content (AvgIpc) is 2.96. The normalized spacial score (nSPS) is 15.8. The second kappa shape index (κ2) is 4.66. The summed E-state index contributed by atoms with van der Waals surface area (Å²) < 4.78 is 2.12. The minimum atomic E-state index is -0.0311. The van der Waals surface area contributed by atoms with Gasteiger partial charge in [-0.05, 0) is 19.2 Å². The van der Waals surface area contributed by atoms with Gasteiger partial charge in [0.05, 0.1) is 11.0 Å². The van der Waals surface area contributed by atoms with Crippen molar-refractivity contribution in [2.45, 2.75) is 13.5 Å². The molecule has 19 heavy (non-hydrogen) atoms. The Kier molecular flexibility index (Phi) is 2.98. The molecule has 1 aromatic carbocycles. The van der Waals surface area contributed by atoms with Crippen LogP contribution in [0.5, 0.6) is 0 Å². The zero-order valence-corrected chi connectivity index (χ0v) is 11.3. The molecule has 5 heteroatoms. The Morgan fingerprint density at radius 1 is 1.42 bits per heavy atom. The van der Waals surface area contributed by atoms with Gasteiger partial charge in [-0.15, -0.1) is 0 Å². The number of aromatic nitrogens is 2. The smallest absolute Gasteiger partial charge is 0.233 e. The Balaban J connectivity index is 1.95. The minimum Gasteiger partial charge on any atom is -0.319 e. The van der Waals surface area contributed by atoms with E-state index in [1.54, 1.807) is 0 Å². The van der Waals surface area contributed by atoms with Gasteiger partial charge in [0.2, 0.25) is 11.9 Å². The van der Waals surface area contributed by atoms with E-state index >= 15 is 0 Å². The van der Waals surface area contributed by atoms with E-state index in [1.165, 1.54) is 0 Å². The fourth-order valence-electron chi connectivity index (χ4n) is 2.66. The van der Waals surface area contributed by atoms with Gasteiger partial charge >= 0.3 is 0 Å². The number of carbonyl (C=O) groups excluding carboxylic acids is 1. The van der Waals surface area contributed by atoms with Crippen LogP contribution >= 0.6 is 0 Å². The predicted molar refractivity (Wildman–Crippen MR) is 75.2 cm³/mol. The Labute approximate surface area is 112 Å². The van der Waals surface area contributed by atoms with Crippen LogP contribution in [-0.2, 0) is 11.3 Å². The number of fused-ring (bicyclic) bond motifs is 3. The summed E-state index contributed by atoms with van der Waals surface area (Å²) >= 11 is 0. The Hall–Kier alpha value is -1.88. The standard InChI is InChI=1S/C14H18N4O/c1-10(9-15-2)13(19)18-8-7-17-12-6-4-3-5-11(12)16-14(17)18/h3-6,10,15H,7-9H2,1-2H3. The van der Waals surface area contributed by atoms with Gasteiger partial charge in [0.1, 0.15) is 0 Å². The molecule has 1 atom stereocenters. The van der Waals surface area contributed by atoms with Gasteiger partial charge in [-0.1, -0.05) is 19.1 Å². The van der Waals surface area contributed by atoms with Crippen LogP contribution in [0.15, 0.2) is 24.3 Å². The molecule has 0 saturated heterocycles. The third-order valence-corrected chi connectivity index (χ3v) is 3.62. The summed E-state index contributed by atoms with van der Waals surface area (Å²) in [6, 6.07) is 8.02. The molecule has 0 bridgehead atoms. The van der Waals surface area contributed by atoms with Crippen molar-refractivity contribution < 1.29 is 4.79 Å². The molecular formula is C14H18N4O. The number of hydrogen-bond acceptors (Lipinski definition) is 3. The topological polar surface area (TPSA) is 50.2 Å². The van der Waals surface area contributed by atoms with Gasteiger partial charge in [-0.25, -0.2) is 4.98 Å². The maximum atomic E-state index is 12.4. The molecule has 3 rings (SSSR count). The lowest BCUT2D eigenvalue weighted by Crippen LogP contribution is -2.37. The second-order valence-electron chi connectivity index (χ2n) is 5.00. The fraction of sp³-hybridized carbons (Fsp3) is 0.429. The van der Waals surface area contributed by atoms with Crippen LogP contribution in [0.4, 0.5) is 5.95 Å². The van der Waals surface area contributed by atoms with Crippen LogP contribution in [0.1, 0.15) is 6.92 Å². The molecule has 0 spiro atoms. The highest BCUT2D eigenvalue weighted by molar-refractivity contribution is 5.96. The number of benzene rings is 1. The van der Waals surface area contributed by atoms with E-state index in [2.05, 4.69) is 20.9 Å². The molecule has 2 aromatic rings. The molecule has 1 aliphatic heterocycles. The number of anilines is 1. The number of imidazole rings is 1. The molecule has 1 amide bonds. The molecule has 5 nitrogen and oxygen atoms in total. The molecule has 0 fully saturated rings. The SMILES string of the molecule is CNCC(C)C(=O)N1CCn2c1nc1ccccc12. The lowest BCUT2D eigenvalue weighted by atomic mass is 10.1. The average molecular weight is 258 g/mol. The Morgan fingerprint density at radius 3 is 3.00 bits per heavy atom. The molecule has 0 radical (unpaired) electrons. The third kappa shape index (κ3) is 1.90. The summed E-state index contributed by atoms with van der Waals surface area (Å²) in [5, 5.41) is 3.05. The van der Waals surface area contributed by atoms with E-state index in [9.17, 15) is 4.79 Å². The highest BCUT2D eigenvalue weighted by Crippen LogP contribution is 2.27. The second-order valence-corrected chi connectivity index (χ2v) is 5.00. The monoisotopic (exact) mass is 258 g/mol. The summed E-state index contributed by atoms with van der Waals surface area (Å²) in [7, 11) is 1.86. The van der Waals surface area contributed by atoms with Gasteiger partial charge in [-0.2, -0.15) is 0 Å². The molecule has 2 heterocycles. The van der Waals surface area contributed by atoms with Crippen molar-refractivity contribution in [2.24, 2.45) is 5.92 Å². The first-order valence-corrected chi connectivity index (χ1v) is 6.63. The van der Waals surface area contributed by atoms with E-state index in [0.717, 1.165) is 30.1 Å². The van der Waals surface area contributed by atoms with Crippen molar-refractivity contribution in [1.29, 1.82) is 0 Å². The summed E-state index contributed by atoms with van der Waals surface area (Å²) in [6.07, 6.45) is 0. The maximum Gasteiger partial charge on any atom is 0.233 e. The fourth-order valence-corrected chi connectivity index (χ4v) is 2.66. The van der Waals surface area contributed by atoms with Crippen molar-refractivity contribution in [3.8, 4) is 0 Å². The maximum absolute atomic E-state index is 12.4. The number of hydrogen-bond donors (Lipinski definition) is 1. The molecule has 100 valence electrons. The molecule has 1 unspecified atom stereocenters. The summed E-state index contributed by atoms with van der Waals surface area (Å²) in [6.45, 7) is 4.19. The third-order valence-electron chi connectivity index (χ3n) is 3.62. The highest BCUT2D eigenvalue weighted by atomic mass is 16.2. The van der Waals surface area contributed by atoms with Gasteiger partial charge in [0.15, 0.2) is 0 Å². The molecule has 0 aliphatic carbocycles. The first-order valence-electron chi connectivity index (χ1n) is 6.63. The van der Waals surface area contributed by atoms with E-state index in [0.29, 0.717) is 6.54 Å². The van der Waals surface area contributed by atoms with Crippen LogP contribution < -0.4 is 10.2 Å². The first kappa shape index (κ1) is 12.2. The van der Waals surface area contributed by atoms with E-state index < -0.39 is 0 Å². The molecule has 1 aliphatic rings. The van der Waals surface area contributed by atoms with Gasteiger partial charge < -0.3 is 9.88 Å². The molecule has 1 aromatic heterocycles. The number of carbonyl (C=O) groups is 1. The highest BCUT2D eigenvalue weighted by Gasteiger charge is 2.30. The zero-order valence-electron chi connectivity index (χ0n) is 11.3. The Bertz CT molecular complexity index is 619. The largest absolute Gasteiger partial charge is 0.319 e. The number of amides is 1. The van der Waals surface area contributed by atoms with Crippen molar-refractivity contribution >= 4 is 22.9 Å². The molecule has 1 N–H and O–H groups in total. The Morgan fingerprint density at radius 2 is 2.21 bits per heavy atom. The molecular weight excluding hydrogens is 240 g/mol. The van der Waals surface area contributed by atoms with Crippen LogP contribution in [0, 0.1) is 5.92 Å². The number of para-hydroxylation sites is 2. The van der Waals surface area contributed by atoms with Crippen molar-refractivity contribution in [3.63, 3.8) is 0 Å². The van der Waals surface area contributed by atoms with Gasteiger partial charge in [-0.3, -0.25) is 9.69 Å². The molecule has 0 saturated carbocycles. The van der Waals surface area contributed by atoms with Crippen molar-refractivity contribution in [3.05, 3.63) is 24.3 Å². The van der Waals surface area contributed by atoms with Crippen LogP contribution in [0.2, 0.25) is 0 Å². The number of nitrogens with one attached hydrogen (secondary N) is 1. The quantitative estimate of drug-likeness (QED) is 0.901. The first-order chi connectivity index (χ1) is 9.22. The van der Waals surface area contributed by atoms with Crippen LogP contribution in [-0.4, -0.2) is 35.6 Å². The summed E-state index contributed by atoms with van der Waals surface area (Å²) in [5.41, 5.74) is 2.06. The van der Waals surface area contributed by atoms with Crippen molar-refractivity contribution in [2.75, 3.05) is 25.0 Å². The van der Waals surface area contributed by atoms with Crippen molar-refractivity contribution in [1.82, 2.24) is 14.9 Å². The zero-order chi connectivity index (χ0) is 13.4. The summed E-state index contributed by atoms with van der Waals surface area (Å²) in [5.74, 6) is 0.897. The number of nitrogens with zero attached hydrogens (tertiary/aromatic N) is 3. The lowest BCUT2D eigenvalue weighted by Gasteiger charge is -2.18. The lowest BCUT2D eigenvalue weighted by molar-refractivity contribution is -0.121. The number of rotatable bonds is 3. The predicted octanol–water partition coefficient (Wildman–Crippen LogP) is 1.24. The van der Waals surface area contributed by atoms with E-state index in [4.69, 9.17) is 0 Å². The van der Waals surface area contributed by atoms with Gasteiger partial charge in [0, 0.05) is 25.6 Å². The summed E-state index contributed by atoms with van der Waals surface area (Å²) in [4.78, 5) is 18.8. The van der Waals surface area contributed by atoms with E-state index in [1.807, 2.05) is 37.1 Å².